The zero-order valence-electron chi connectivity index (χ0n) is 12.3. The molecule has 0 bridgehead atoms. The van der Waals surface area contributed by atoms with E-state index < -0.39 is 0 Å². The first kappa shape index (κ1) is 13.6. The predicted molar refractivity (Wildman–Crippen MR) is 90.3 cm³/mol. The van der Waals surface area contributed by atoms with Crippen LogP contribution in [-0.4, -0.2) is 21.4 Å². The van der Waals surface area contributed by atoms with Crippen molar-refractivity contribution in [3.63, 3.8) is 0 Å². The first-order chi connectivity index (χ1) is 11.2. The lowest BCUT2D eigenvalue weighted by Crippen LogP contribution is -2.13. The molecule has 0 saturated carbocycles. The number of nitro groups is 1. The van der Waals surface area contributed by atoms with Crippen molar-refractivity contribution in [2.75, 3.05) is 6.54 Å². The number of aromatic nitrogens is 2. The van der Waals surface area contributed by atoms with Crippen molar-refractivity contribution in [3.05, 3.63) is 82.2 Å². The Morgan fingerprint density at radius 2 is 1.35 bits per heavy atom. The fraction of sp³-hybridized carbons (Fsp3) is 0.111. The smallest absolute Gasteiger partial charge is 0.214 e. The SMILES string of the molecule is O=[N+]([O-])CC(c1c[nH]c2ccccc12)c1c[nH]c2ccccc12. The molecule has 0 saturated heterocycles. The van der Waals surface area contributed by atoms with E-state index in [2.05, 4.69) is 9.97 Å². The molecule has 2 aromatic heterocycles. The lowest BCUT2D eigenvalue weighted by molar-refractivity contribution is -0.481. The summed E-state index contributed by atoms with van der Waals surface area (Å²) in [4.78, 5) is 17.5. The molecule has 0 radical (unpaired) electrons. The minimum Gasteiger partial charge on any atom is -0.361 e. The van der Waals surface area contributed by atoms with Crippen LogP contribution in [0.4, 0.5) is 0 Å². The maximum atomic E-state index is 11.3. The topological polar surface area (TPSA) is 74.7 Å². The molecule has 2 aromatic carbocycles. The van der Waals surface area contributed by atoms with E-state index in [1.807, 2.05) is 60.9 Å². The summed E-state index contributed by atoms with van der Waals surface area (Å²) in [5, 5.41) is 13.3. The second-order valence-electron chi connectivity index (χ2n) is 5.65. The van der Waals surface area contributed by atoms with Gasteiger partial charge in [-0.1, -0.05) is 36.4 Å². The summed E-state index contributed by atoms with van der Waals surface area (Å²) < 4.78 is 0. The Labute approximate surface area is 132 Å². The van der Waals surface area contributed by atoms with Crippen molar-refractivity contribution < 1.29 is 4.92 Å². The average molecular weight is 305 g/mol. The molecule has 0 amide bonds. The third-order valence-corrected chi connectivity index (χ3v) is 4.32. The van der Waals surface area contributed by atoms with E-state index in [9.17, 15) is 10.1 Å². The van der Waals surface area contributed by atoms with Crippen LogP contribution in [0.25, 0.3) is 21.8 Å². The molecule has 4 aromatic rings. The van der Waals surface area contributed by atoms with Gasteiger partial charge in [-0.05, 0) is 23.3 Å². The van der Waals surface area contributed by atoms with Gasteiger partial charge in [-0.2, -0.15) is 0 Å². The van der Waals surface area contributed by atoms with Crippen LogP contribution >= 0.6 is 0 Å². The van der Waals surface area contributed by atoms with E-state index in [1.165, 1.54) is 0 Å². The van der Waals surface area contributed by atoms with Crippen LogP contribution < -0.4 is 0 Å². The normalized spacial score (nSPS) is 11.5. The molecular weight excluding hydrogens is 290 g/mol. The van der Waals surface area contributed by atoms with Gasteiger partial charge in [0.25, 0.3) is 0 Å². The molecular formula is C18H15N3O2. The third-order valence-electron chi connectivity index (χ3n) is 4.32. The number of benzene rings is 2. The molecule has 0 atom stereocenters. The molecule has 2 heterocycles. The van der Waals surface area contributed by atoms with Crippen molar-refractivity contribution in [3.8, 4) is 0 Å². The van der Waals surface area contributed by atoms with Crippen molar-refractivity contribution >= 4 is 21.8 Å². The van der Waals surface area contributed by atoms with E-state index in [0.717, 1.165) is 32.9 Å². The van der Waals surface area contributed by atoms with Crippen molar-refractivity contribution in [2.45, 2.75) is 5.92 Å². The lowest BCUT2D eigenvalue weighted by Gasteiger charge is -2.12. The molecule has 0 fully saturated rings. The third kappa shape index (κ3) is 2.26. The molecule has 114 valence electrons. The van der Waals surface area contributed by atoms with Gasteiger partial charge in [-0.3, -0.25) is 10.1 Å². The summed E-state index contributed by atoms with van der Waals surface area (Å²) in [5.41, 5.74) is 3.91. The number of rotatable bonds is 4. The predicted octanol–water partition coefficient (Wildman–Crippen LogP) is 4.06. The van der Waals surface area contributed by atoms with Gasteiger partial charge in [0.2, 0.25) is 6.54 Å². The number of hydrogen-bond acceptors (Lipinski definition) is 2. The van der Waals surface area contributed by atoms with Gasteiger partial charge in [0, 0.05) is 39.1 Å². The number of H-pyrrole nitrogens is 2. The van der Waals surface area contributed by atoms with Gasteiger partial charge in [-0.25, -0.2) is 0 Å². The number of hydrogen-bond donors (Lipinski definition) is 2. The zero-order chi connectivity index (χ0) is 15.8. The Morgan fingerprint density at radius 1 is 0.870 bits per heavy atom. The number of nitrogens with zero attached hydrogens (tertiary/aromatic N) is 1. The minimum absolute atomic E-state index is 0.135. The maximum Gasteiger partial charge on any atom is 0.214 e. The Bertz CT molecular complexity index is 926. The van der Waals surface area contributed by atoms with Gasteiger partial charge < -0.3 is 9.97 Å². The van der Waals surface area contributed by atoms with Crippen LogP contribution in [0.5, 0.6) is 0 Å². The highest BCUT2D eigenvalue weighted by Crippen LogP contribution is 2.34. The number of fused-ring (bicyclic) bond motifs is 2. The molecule has 0 aliphatic heterocycles. The standard InChI is InChI=1S/C18H15N3O2/c22-21(23)11-16(14-9-19-17-7-3-1-5-12(14)17)15-10-20-18-8-4-2-6-13(15)18/h1-10,16,19-20H,11H2. The molecule has 23 heavy (non-hydrogen) atoms. The molecule has 0 aliphatic rings. The summed E-state index contributed by atoms with van der Waals surface area (Å²) in [6, 6.07) is 15.8. The highest BCUT2D eigenvalue weighted by molar-refractivity contribution is 5.88. The largest absolute Gasteiger partial charge is 0.361 e. The molecule has 5 heteroatoms. The van der Waals surface area contributed by atoms with Crippen molar-refractivity contribution in [2.24, 2.45) is 0 Å². The highest BCUT2D eigenvalue weighted by atomic mass is 16.6. The first-order valence-corrected chi connectivity index (χ1v) is 7.48. The highest BCUT2D eigenvalue weighted by Gasteiger charge is 2.25. The van der Waals surface area contributed by atoms with Gasteiger partial charge in [-0.15, -0.1) is 0 Å². The molecule has 4 rings (SSSR count). The Kier molecular flexibility index (Phi) is 3.12. The molecule has 0 unspecified atom stereocenters. The van der Waals surface area contributed by atoms with E-state index in [0.29, 0.717) is 0 Å². The Morgan fingerprint density at radius 3 is 1.83 bits per heavy atom. The van der Waals surface area contributed by atoms with E-state index in [4.69, 9.17) is 0 Å². The van der Waals surface area contributed by atoms with Gasteiger partial charge >= 0.3 is 0 Å². The van der Waals surface area contributed by atoms with E-state index in [1.54, 1.807) is 0 Å². The quantitative estimate of drug-likeness (QED) is 0.441. The van der Waals surface area contributed by atoms with Crippen LogP contribution in [0.3, 0.4) is 0 Å². The Balaban J connectivity index is 1.92. The molecule has 2 N–H and O–H groups in total. The van der Waals surface area contributed by atoms with Crippen molar-refractivity contribution in [1.29, 1.82) is 0 Å². The minimum atomic E-state index is -0.294. The van der Waals surface area contributed by atoms with Crippen LogP contribution in [0, 0.1) is 10.1 Å². The number of aromatic amines is 2. The summed E-state index contributed by atoms with van der Waals surface area (Å²) in [6.07, 6.45) is 3.78. The Hall–Kier alpha value is -3.08. The number of nitrogens with one attached hydrogen (secondary N) is 2. The molecule has 5 nitrogen and oxygen atoms in total. The zero-order valence-corrected chi connectivity index (χ0v) is 12.3. The van der Waals surface area contributed by atoms with Gasteiger partial charge in [0.05, 0.1) is 5.92 Å². The maximum absolute atomic E-state index is 11.3. The second kappa shape index (κ2) is 5.28. The first-order valence-electron chi connectivity index (χ1n) is 7.48. The number of para-hydroxylation sites is 2. The molecule has 0 spiro atoms. The average Bonchev–Trinajstić information content (AvgIpc) is 3.17. The van der Waals surface area contributed by atoms with Gasteiger partial charge in [0.15, 0.2) is 0 Å². The summed E-state index contributed by atoms with van der Waals surface area (Å²) in [6.45, 7) is -0.135. The van der Waals surface area contributed by atoms with Crippen LogP contribution in [0.1, 0.15) is 17.0 Å². The fourth-order valence-corrected chi connectivity index (χ4v) is 3.28. The van der Waals surface area contributed by atoms with Crippen LogP contribution in [0.15, 0.2) is 60.9 Å². The fourth-order valence-electron chi connectivity index (χ4n) is 3.28. The van der Waals surface area contributed by atoms with E-state index in [-0.39, 0.29) is 17.4 Å². The molecule has 0 aliphatic carbocycles. The van der Waals surface area contributed by atoms with Gasteiger partial charge in [0.1, 0.15) is 0 Å². The monoisotopic (exact) mass is 305 g/mol. The van der Waals surface area contributed by atoms with Crippen LogP contribution in [0.2, 0.25) is 0 Å². The summed E-state index contributed by atoms with van der Waals surface area (Å²) >= 11 is 0. The summed E-state index contributed by atoms with van der Waals surface area (Å²) in [7, 11) is 0. The lowest BCUT2D eigenvalue weighted by atomic mass is 9.91. The summed E-state index contributed by atoms with van der Waals surface area (Å²) in [5.74, 6) is -0.294. The van der Waals surface area contributed by atoms with E-state index >= 15 is 0 Å². The van der Waals surface area contributed by atoms with Crippen molar-refractivity contribution in [1.82, 2.24) is 9.97 Å². The van der Waals surface area contributed by atoms with Crippen LogP contribution in [-0.2, 0) is 0 Å². The second-order valence-corrected chi connectivity index (χ2v) is 5.65.